The predicted molar refractivity (Wildman–Crippen MR) is 159 cm³/mol. The second-order valence-electron chi connectivity index (χ2n) is 8.43. The summed E-state index contributed by atoms with van der Waals surface area (Å²) in [5.74, 6) is 1.89. The van der Waals surface area contributed by atoms with Gasteiger partial charge in [0.15, 0.2) is 0 Å². The van der Waals surface area contributed by atoms with Crippen LogP contribution < -0.4 is 20.1 Å². The highest BCUT2D eigenvalue weighted by Gasteiger charge is 2.20. The maximum absolute atomic E-state index is 6.43. The molecule has 0 aliphatic carbocycles. The minimum Gasteiger partial charge on any atom is -0.496 e. The van der Waals surface area contributed by atoms with Crippen molar-refractivity contribution < 1.29 is 9.47 Å². The van der Waals surface area contributed by atoms with Crippen molar-refractivity contribution in [2.45, 2.75) is 12.3 Å². The molecular weight excluding hydrogens is 525 g/mol. The molecule has 0 spiro atoms. The molecule has 0 amide bonds. The van der Waals surface area contributed by atoms with Crippen LogP contribution in [0.25, 0.3) is 0 Å². The van der Waals surface area contributed by atoms with Gasteiger partial charge in [0, 0.05) is 22.4 Å². The molecule has 4 aromatic carbocycles. The molecule has 0 aliphatic heterocycles. The smallest absolute Gasteiger partial charge is 0.122 e. The van der Waals surface area contributed by atoms with Crippen molar-refractivity contribution in [3.63, 3.8) is 0 Å². The predicted octanol–water partition coefficient (Wildman–Crippen LogP) is 8.33. The van der Waals surface area contributed by atoms with Gasteiger partial charge in [0.2, 0.25) is 0 Å². The van der Waals surface area contributed by atoms with Crippen molar-refractivity contribution in [1.82, 2.24) is 0 Å². The van der Waals surface area contributed by atoms with Crippen LogP contribution in [0.4, 0.5) is 0 Å². The summed E-state index contributed by atoms with van der Waals surface area (Å²) in [5.41, 5.74) is 2.48. The normalized spacial score (nSPS) is 12.7. The number of hydrogen-bond donors (Lipinski definition) is 0. The number of hydrogen-bond acceptors (Lipinski definition) is 2. The van der Waals surface area contributed by atoms with E-state index in [0.717, 1.165) is 46.2 Å². The van der Waals surface area contributed by atoms with Gasteiger partial charge in [-0.25, -0.2) is 0 Å². The van der Waals surface area contributed by atoms with Gasteiger partial charge < -0.3 is 9.47 Å². The highest BCUT2D eigenvalue weighted by Crippen LogP contribution is 2.48. The summed E-state index contributed by atoms with van der Waals surface area (Å²) in [7, 11) is 2.49. The van der Waals surface area contributed by atoms with E-state index in [1.807, 2.05) is 36.4 Å². The maximum Gasteiger partial charge on any atom is 0.122 e. The second kappa shape index (κ2) is 13.5. The van der Waals surface area contributed by atoms with Crippen LogP contribution in [0.1, 0.15) is 11.1 Å². The van der Waals surface area contributed by atoms with Gasteiger partial charge in [0.05, 0.1) is 14.2 Å². The third-order valence-corrected chi connectivity index (χ3v) is 11.9. The molecule has 6 heteroatoms. The van der Waals surface area contributed by atoms with Gasteiger partial charge in [-0.15, -0.1) is 0 Å². The van der Waals surface area contributed by atoms with E-state index in [1.165, 1.54) is 21.7 Å². The van der Waals surface area contributed by atoms with Crippen LogP contribution >= 0.6 is 39.0 Å². The summed E-state index contributed by atoms with van der Waals surface area (Å²) in [6, 6.07) is 33.4. The number of benzene rings is 4. The molecule has 0 aromatic heterocycles. The van der Waals surface area contributed by atoms with E-state index >= 15 is 0 Å². The van der Waals surface area contributed by atoms with E-state index in [2.05, 4.69) is 60.7 Å². The fourth-order valence-corrected chi connectivity index (χ4v) is 10.5. The molecule has 0 bridgehead atoms. The Morgan fingerprint density at radius 1 is 0.556 bits per heavy atom. The summed E-state index contributed by atoms with van der Waals surface area (Å²) in [4.78, 5) is 0. The van der Waals surface area contributed by atoms with Crippen LogP contribution in [0, 0.1) is 0 Å². The Morgan fingerprint density at radius 3 is 1.36 bits per heavy atom. The van der Waals surface area contributed by atoms with Gasteiger partial charge in [-0.2, -0.15) is 0 Å². The highest BCUT2D eigenvalue weighted by atomic mass is 35.5. The number of para-hydroxylation sites is 2. The molecule has 2 atom stereocenters. The van der Waals surface area contributed by atoms with Gasteiger partial charge >= 0.3 is 0 Å². The average molecular weight is 555 g/mol. The lowest BCUT2D eigenvalue weighted by atomic mass is 10.2. The average Bonchev–Trinajstić information content (AvgIpc) is 2.90. The zero-order valence-corrected chi connectivity index (χ0v) is 23.8. The van der Waals surface area contributed by atoms with E-state index < -0.39 is 15.8 Å². The topological polar surface area (TPSA) is 18.5 Å². The van der Waals surface area contributed by atoms with Crippen LogP contribution in [0.5, 0.6) is 11.5 Å². The zero-order chi connectivity index (χ0) is 25.3. The van der Waals surface area contributed by atoms with Crippen LogP contribution in [-0.4, -0.2) is 26.5 Å². The summed E-state index contributed by atoms with van der Waals surface area (Å²) in [6.07, 6.45) is 4.07. The molecule has 0 radical (unpaired) electrons. The van der Waals surface area contributed by atoms with Crippen molar-refractivity contribution in [3.8, 4) is 11.5 Å². The fraction of sp³-hybridized carbons (Fsp3) is 0.200. The number of halogens is 2. The van der Waals surface area contributed by atoms with E-state index in [9.17, 15) is 0 Å². The van der Waals surface area contributed by atoms with Crippen molar-refractivity contribution in [2.75, 3.05) is 26.5 Å². The van der Waals surface area contributed by atoms with Crippen LogP contribution in [0.2, 0.25) is 10.0 Å². The largest absolute Gasteiger partial charge is 0.496 e. The van der Waals surface area contributed by atoms with Crippen molar-refractivity contribution >= 4 is 49.7 Å². The molecule has 2 nitrogen and oxygen atoms in total. The molecule has 2 unspecified atom stereocenters. The minimum absolute atomic E-state index is 0.499. The first-order valence-electron chi connectivity index (χ1n) is 11.8. The fourth-order valence-electron chi connectivity index (χ4n) is 4.26. The standard InChI is InChI=1S/C30H30Cl2O2P2/c1-33-29-15-5-3-9-23(29)21-35(27-13-7-11-25(31)19-27)17-18-36(28-14-8-12-26(32)20-28)22-24-10-4-6-16-30(24)34-2/h3-16,19-20H,17-18,21-22H2,1-2H3. The molecule has 186 valence electrons. The molecule has 0 aliphatic rings. The highest BCUT2D eigenvalue weighted by molar-refractivity contribution is 7.68. The molecule has 4 rings (SSSR count). The summed E-state index contributed by atoms with van der Waals surface area (Å²) in [6.45, 7) is 0. The first-order valence-corrected chi connectivity index (χ1v) is 16.0. The van der Waals surface area contributed by atoms with Gasteiger partial charge in [-0.3, -0.25) is 0 Å². The first-order chi connectivity index (χ1) is 17.6. The van der Waals surface area contributed by atoms with E-state index in [0.29, 0.717) is 0 Å². The molecule has 0 heterocycles. The summed E-state index contributed by atoms with van der Waals surface area (Å²) in [5, 5.41) is 4.21. The second-order valence-corrected chi connectivity index (χ2v) is 14.0. The van der Waals surface area contributed by atoms with E-state index in [4.69, 9.17) is 32.7 Å². The Kier molecular flexibility index (Phi) is 10.1. The van der Waals surface area contributed by atoms with Gasteiger partial charge in [-0.1, -0.05) is 99.7 Å². The first kappa shape index (κ1) is 27.0. The maximum atomic E-state index is 6.43. The van der Waals surface area contributed by atoms with Crippen molar-refractivity contribution in [1.29, 1.82) is 0 Å². The lowest BCUT2D eigenvalue weighted by Gasteiger charge is -2.25. The molecular formula is C30H30Cl2O2P2. The number of ether oxygens (including phenoxy) is 2. The molecule has 0 saturated carbocycles. The molecule has 0 N–H and O–H groups in total. The quantitative estimate of drug-likeness (QED) is 0.173. The van der Waals surface area contributed by atoms with Crippen LogP contribution in [0.3, 0.4) is 0 Å². The van der Waals surface area contributed by atoms with Gasteiger partial charge in [0.25, 0.3) is 0 Å². The summed E-state index contributed by atoms with van der Waals surface area (Å²) >= 11 is 12.9. The SMILES string of the molecule is COc1ccccc1CP(CCP(Cc1ccccc1OC)c1cccc(Cl)c1)c1cccc(Cl)c1. The van der Waals surface area contributed by atoms with E-state index in [1.54, 1.807) is 14.2 Å². The Bertz CT molecular complexity index is 1180. The monoisotopic (exact) mass is 554 g/mol. The Labute approximate surface area is 227 Å². The lowest BCUT2D eigenvalue weighted by Crippen LogP contribution is -2.12. The molecule has 0 fully saturated rings. The van der Waals surface area contributed by atoms with Gasteiger partial charge in [-0.05, 0) is 70.5 Å². The Balaban J connectivity index is 1.64. The summed E-state index contributed by atoms with van der Waals surface area (Å²) < 4.78 is 11.4. The molecule has 0 saturated heterocycles. The third kappa shape index (κ3) is 7.24. The third-order valence-electron chi connectivity index (χ3n) is 6.09. The van der Waals surface area contributed by atoms with Gasteiger partial charge in [0.1, 0.15) is 11.5 Å². The molecule has 4 aromatic rings. The zero-order valence-electron chi connectivity index (χ0n) is 20.5. The Hall–Kier alpha value is -2.08. The van der Waals surface area contributed by atoms with Crippen LogP contribution in [0.15, 0.2) is 97.1 Å². The molecule has 36 heavy (non-hydrogen) atoms. The lowest BCUT2D eigenvalue weighted by molar-refractivity contribution is 0.411. The van der Waals surface area contributed by atoms with E-state index in [-0.39, 0.29) is 0 Å². The minimum atomic E-state index is -0.499. The van der Waals surface area contributed by atoms with Crippen molar-refractivity contribution in [2.24, 2.45) is 0 Å². The van der Waals surface area contributed by atoms with Crippen LogP contribution in [-0.2, 0) is 12.3 Å². The van der Waals surface area contributed by atoms with Crippen molar-refractivity contribution in [3.05, 3.63) is 118 Å². The Morgan fingerprint density at radius 2 is 0.972 bits per heavy atom. The number of methoxy groups -OCH3 is 2. The number of rotatable bonds is 11.